The first-order valence-corrected chi connectivity index (χ1v) is 10.2. The van der Waals surface area contributed by atoms with E-state index in [1.165, 1.54) is 5.69 Å². The fraction of sp³-hybridized carbons (Fsp3) is 0.364. The highest BCUT2D eigenvalue weighted by molar-refractivity contribution is 6.31. The summed E-state index contributed by atoms with van der Waals surface area (Å²) in [6, 6.07) is 15.4. The van der Waals surface area contributed by atoms with Crippen molar-refractivity contribution in [3.05, 3.63) is 53.6 Å². The monoisotopic (exact) mass is 413 g/mol. The third kappa shape index (κ3) is 4.03. The van der Waals surface area contributed by atoms with Gasteiger partial charge in [0, 0.05) is 49.9 Å². The molecule has 0 spiro atoms. The summed E-state index contributed by atoms with van der Waals surface area (Å²) in [5, 5.41) is 0.528. The molecule has 2 aromatic carbocycles. The molecular formula is C22H24ClN3O3. The van der Waals surface area contributed by atoms with Crippen LogP contribution >= 0.6 is 11.6 Å². The Labute approximate surface area is 175 Å². The van der Waals surface area contributed by atoms with E-state index in [9.17, 15) is 9.59 Å². The van der Waals surface area contributed by atoms with E-state index in [2.05, 4.69) is 17.0 Å². The van der Waals surface area contributed by atoms with Crippen molar-refractivity contribution in [3.8, 4) is 5.75 Å². The maximum Gasteiger partial charge on any atom is 0.228 e. The molecule has 0 aliphatic carbocycles. The van der Waals surface area contributed by atoms with Crippen LogP contribution in [0.3, 0.4) is 0 Å². The predicted octanol–water partition coefficient (Wildman–Crippen LogP) is 3.05. The van der Waals surface area contributed by atoms with Crippen molar-refractivity contribution < 1.29 is 14.3 Å². The van der Waals surface area contributed by atoms with E-state index in [0.29, 0.717) is 36.1 Å². The van der Waals surface area contributed by atoms with Crippen LogP contribution < -0.4 is 14.5 Å². The highest BCUT2D eigenvalue weighted by atomic mass is 35.5. The molecule has 2 aromatic rings. The number of benzene rings is 2. The van der Waals surface area contributed by atoms with Crippen LogP contribution in [0.1, 0.15) is 6.42 Å². The standard InChI is InChI=1S/C22H24ClN3O3/c1-29-20-8-7-17(23)14-19(20)26-15-16(13-21(26)27)22(28)25-11-9-24(10-12-25)18-5-3-2-4-6-18/h2-8,14,16H,9-13,15H2,1H3/t16-/m1/s1. The second-order valence-corrected chi connectivity index (χ2v) is 7.81. The Kier molecular flexibility index (Phi) is 5.62. The largest absolute Gasteiger partial charge is 0.495 e. The molecule has 0 aromatic heterocycles. The molecule has 2 amide bonds. The number of methoxy groups -OCH3 is 1. The molecule has 29 heavy (non-hydrogen) atoms. The molecule has 2 fully saturated rings. The SMILES string of the molecule is COc1ccc(Cl)cc1N1C[C@H](C(=O)N2CCN(c3ccccc3)CC2)CC1=O. The molecule has 7 heteroatoms. The van der Waals surface area contributed by atoms with Gasteiger partial charge in [-0.25, -0.2) is 0 Å². The van der Waals surface area contributed by atoms with Crippen molar-refractivity contribution in [3.63, 3.8) is 0 Å². The molecule has 0 saturated carbocycles. The highest BCUT2D eigenvalue weighted by Crippen LogP contribution is 2.35. The fourth-order valence-electron chi connectivity index (χ4n) is 4.06. The third-order valence-electron chi connectivity index (χ3n) is 5.62. The Hall–Kier alpha value is -2.73. The molecule has 2 aliphatic rings. The van der Waals surface area contributed by atoms with Crippen LogP contribution in [0.2, 0.25) is 5.02 Å². The van der Waals surface area contributed by atoms with Crippen molar-refractivity contribution in [2.75, 3.05) is 49.6 Å². The van der Waals surface area contributed by atoms with Gasteiger partial charge in [-0.3, -0.25) is 9.59 Å². The number of carbonyl (C=O) groups is 2. The quantitative estimate of drug-likeness (QED) is 0.773. The number of halogens is 1. The normalized spacial score (nSPS) is 19.6. The average molecular weight is 414 g/mol. The molecule has 2 saturated heterocycles. The number of hydrogen-bond acceptors (Lipinski definition) is 4. The molecule has 0 bridgehead atoms. The van der Waals surface area contributed by atoms with Crippen LogP contribution in [0, 0.1) is 5.92 Å². The van der Waals surface area contributed by atoms with Crippen LogP contribution in [0.5, 0.6) is 5.75 Å². The number of carbonyl (C=O) groups excluding carboxylic acids is 2. The summed E-state index contributed by atoms with van der Waals surface area (Å²) < 4.78 is 5.37. The Bertz CT molecular complexity index is 897. The molecule has 2 heterocycles. The summed E-state index contributed by atoms with van der Waals surface area (Å²) in [6.45, 7) is 3.27. The maximum atomic E-state index is 13.1. The summed E-state index contributed by atoms with van der Waals surface area (Å²) in [4.78, 5) is 31.5. The number of piperazine rings is 1. The zero-order chi connectivity index (χ0) is 20.4. The highest BCUT2D eigenvalue weighted by Gasteiger charge is 2.38. The van der Waals surface area contributed by atoms with Crippen LogP contribution in [0.25, 0.3) is 0 Å². The first kappa shape index (κ1) is 19.6. The number of anilines is 2. The Balaban J connectivity index is 1.41. The van der Waals surface area contributed by atoms with Gasteiger partial charge in [0.05, 0.1) is 18.7 Å². The van der Waals surface area contributed by atoms with E-state index in [-0.39, 0.29) is 24.2 Å². The summed E-state index contributed by atoms with van der Waals surface area (Å²) in [7, 11) is 1.56. The van der Waals surface area contributed by atoms with Crippen LogP contribution in [-0.4, -0.2) is 56.5 Å². The lowest BCUT2D eigenvalue weighted by Crippen LogP contribution is -2.50. The van der Waals surface area contributed by atoms with Gasteiger partial charge in [-0.05, 0) is 30.3 Å². The minimum Gasteiger partial charge on any atom is -0.495 e. The second-order valence-electron chi connectivity index (χ2n) is 7.37. The summed E-state index contributed by atoms with van der Waals surface area (Å²) in [5.41, 5.74) is 1.80. The van der Waals surface area contributed by atoms with Crippen molar-refractivity contribution in [2.24, 2.45) is 5.92 Å². The lowest BCUT2D eigenvalue weighted by molar-refractivity contribution is -0.136. The van der Waals surface area contributed by atoms with E-state index >= 15 is 0 Å². The molecular weight excluding hydrogens is 390 g/mol. The van der Waals surface area contributed by atoms with Gasteiger partial charge >= 0.3 is 0 Å². The van der Waals surface area contributed by atoms with Gasteiger partial charge in [0.1, 0.15) is 5.75 Å². The predicted molar refractivity (Wildman–Crippen MR) is 114 cm³/mol. The number of para-hydroxylation sites is 1. The van der Waals surface area contributed by atoms with Crippen molar-refractivity contribution in [1.82, 2.24) is 4.90 Å². The first-order valence-electron chi connectivity index (χ1n) is 9.79. The number of hydrogen-bond donors (Lipinski definition) is 0. The van der Waals surface area contributed by atoms with Crippen molar-refractivity contribution >= 4 is 34.8 Å². The van der Waals surface area contributed by atoms with Gasteiger partial charge in [0.2, 0.25) is 11.8 Å². The number of amides is 2. The van der Waals surface area contributed by atoms with Crippen molar-refractivity contribution in [2.45, 2.75) is 6.42 Å². The van der Waals surface area contributed by atoms with Gasteiger partial charge in [0.15, 0.2) is 0 Å². The molecule has 0 radical (unpaired) electrons. The maximum absolute atomic E-state index is 13.1. The lowest BCUT2D eigenvalue weighted by atomic mass is 10.1. The number of rotatable bonds is 4. The fourth-order valence-corrected chi connectivity index (χ4v) is 4.23. The van der Waals surface area contributed by atoms with Crippen LogP contribution in [-0.2, 0) is 9.59 Å². The Morgan fingerprint density at radius 2 is 1.79 bits per heavy atom. The van der Waals surface area contributed by atoms with Crippen molar-refractivity contribution in [1.29, 1.82) is 0 Å². The molecule has 2 aliphatic heterocycles. The first-order chi connectivity index (χ1) is 14.1. The van der Waals surface area contributed by atoms with Gasteiger partial charge in [-0.2, -0.15) is 0 Å². The van der Waals surface area contributed by atoms with E-state index < -0.39 is 0 Å². The van der Waals surface area contributed by atoms with Gasteiger partial charge in [0.25, 0.3) is 0 Å². The molecule has 4 rings (SSSR count). The lowest BCUT2D eigenvalue weighted by Gasteiger charge is -2.37. The molecule has 1 atom stereocenters. The summed E-state index contributed by atoms with van der Waals surface area (Å²) in [5.74, 6) is 0.211. The number of nitrogens with zero attached hydrogens (tertiary/aromatic N) is 3. The van der Waals surface area contributed by atoms with Gasteiger partial charge < -0.3 is 19.4 Å². The summed E-state index contributed by atoms with van der Waals surface area (Å²) >= 11 is 6.11. The van der Waals surface area contributed by atoms with E-state index in [0.717, 1.165) is 13.1 Å². The Morgan fingerprint density at radius 3 is 2.48 bits per heavy atom. The zero-order valence-corrected chi connectivity index (χ0v) is 17.1. The molecule has 0 N–H and O–H groups in total. The summed E-state index contributed by atoms with van der Waals surface area (Å²) in [6.07, 6.45) is 0.216. The smallest absolute Gasteiger partial charge is 0.228 e. The average Bonchev–Trinajstić information content (AvgIpc) is 3.15. The van der Waals surface area contributed by atoms with E-state index in [4.69, 9.17) is 16.3 Å². The van der Waals surface area contributed by atoms with E-state index in [1.54, 1.807) is 30.2 Å². The molecule has 6 nitrogen and oxygen atoms in total. The van der Waals surface area contributed by atoms with E-state index in [1.807, 2.05) is 23.1 Å². The van der Waals surface area contributed by atoms with Gasteiger partial charge in [-0.1, -0.05) is 29.8 Å². The topological polar surface area (TPSA) is 53.1 Å². The molecule has 0 unspecified atom stereocenters. The molecule has 152 valence electrons. The second kappa shape index (κ2) is 8.33. The van der Waals surface area contributed by atoms with Crippen LogP contribution in [0.15, 0.2) is 48.5 Å². The zero-order valence-electron chi connectivity index (χ0n) is 16.4. The number of ether oxygens (including phenoxy) is 1. The van der Waals surface area contributed by atoms with Gasteiger partial charge in [-0.15, -0.1) is 0 Å². The minimum absolute atomic E-state index is 0.0505. The minimum atomic E-state index is -0.338. The Morgan fingerprint density at radius 1 is 1.07 bits per heavy atom. The third-order valence-corrected chi connectivity index (χ3v) is 5.85. The van der Waals surface area contributed by atoms with Crippen LogP contribution in [0.4, 0.5) is 11.4 Å².